The molecule has 0 aliphatic heterocycles. The monoisotopic (exact) mass is 146 g/mol. The number of hydrogen-bond donors (Lipinski definition) is 0. The SMILES string of the molecule is C=CC=C=C=CC1CC1CC. The van der Waals surface area contributed by atoms with Crippen LogP contribution in [0, 0.1) is 11.8 Å². The fraction of sp³-hybridized carbons (Fsp3) is 0.455. The summed E-state index contributed by atoms with van der Waals surface area (Å²) in [6, 6.07) is 0. The van der Waals surface area contributed by atoms with Gasteiger partial charge >= 0.3 is 0 Å². The summed E-state index contributed by atoms with van der Waals surface area (Å²) in [5, 5.41) is 0. The van der Waals surface area contributed by atoms with Crippen molar-refractivity contribution < 1.29 is 0 Å². The van der Waals surface area contributed by atoms with E-state index in [1.807, 2.05) is 0 Å². The van der Waals surface area contributed by atoms with Crippen LogP contribution in [-0.4, -0.2) is 0 Å². The highest BCUT2D eigenvalue weighted by Gasteiger charge is 2.32. The van der Waals surface area contributed by atoms with E-state index in [0.29, 0.717) is 0 Å². The molecule has 11 heavy (non-hydrogen) atoms. The van der Waals surface area contributed by atoms with Gasteiger partial charge in [0.25, 0.3) is 0 Å². The van der Waals surface area contributed by atoms with Gasteiger partial charge in [0.1, 0.15) is 0 Å². The van der Waals surface area contributed by atoms with Crippen LogP contribution in [0.25, 0.3) is 0 Å². The van der Waals surface area contributed by atoms with Crippen LogP contribution in [0.2, 0.25) is 0 Å². The van der Waals surface area contributed by atoms with Gasteiger partial charge in [-0.2, -0.15) is 0 Å². The maximum absolute atomic E-state index is 3.55. The standard InChI is InChI=1S/C11H14/c1-3-5-6-7-8-11-9-10(11)4-2/h3,5,8,10-11H,1,4,9H2,2H3. The molecule has 0 heteroatoms. The van der Waals surface area contributed by atoms with Gasteiger partial charge in [0, 0.05) is 0 Å². The Balaban J connectivity index is 2.38. The largest absolute Gasteiger partial charge is 0.0984 e. The van der Waals surface area contributed by atoms with E-state index >= 15 is 0 Å². The van der Waals surface area contributed by atoms with Gasteiger partial charge in [0.15, 0.2) is 0 Å². The van der Waals surface area contributed by atoms with E-state index in [2.05, 4.69) is 31.0 Å². The fourth-order valence-electron chi connectivity index (χ4n) is 1.21. The molecule has 0 heterocycles. The zero-order valence-corrected chi connectivity index (χ0v) is 7.01. The second-order valence-corrected chi connectivity index (χ2v) is 2.93. The van der Waals surface area contributed by atoms with Gasteiger partial charge in [0.2, 0.25) is 0 Å². The number of allylic oxidation sites excluding steroid dienone is 3. The molecule has 58 valence electrons. The first kappa shape index (κ1) is 8.14. The minimum atomic E-state index is 0.783. The average Bonchev–Trinajstić information content (AvgIpc) is 2.77. The highest BCUT2D eigenvalue weighted by Crippen LogP contribution is 2.41. The lowest BCUT2D eigenvalue weighted by atomic mass is 10.2. The summed E-state index contributed by atoms with van der Waals surface area (Å²) in [5.74, 6) is 1.71. The molecule has 0 aromatic rings. The highest BCUT2D eigenvalue weighted by atomic mass is 14.4. The van der Waals surface area contributed by atoms with Crippen molar-refractivity contribution in [2.45, 2.75) is 19.8 Å². The predicted molar refractivity (Wildman–Crippen MR) is 48.3 cm³/mol. The van der Waals surface area contributed by atoms with Crippen molar-refractivity contribution in [3.63, 3.8) is 0 Å². The molecule has 0 nitrogen and oxygen atoms in total. The van der Waals surface area contributed by atoms with Crippen LogP contribution in [0.1, 0.15) is 19.8 Å². The zero-order valence-electron chi connectivity index (χ0n) is 7.01. The lowest BCUT2D eigenvalue weighted by Gasteiger charge is -1.81. The van der Waals surface area contributed by atoms with Crippen LogP contribution in [-0.2, 0) is 0 Å². The van der Waals surface area contributed by atoms with Crippen molar-refractivity contribution in [3.05, 3.63) is 36.3 Å². The Morgan fingerprint density at radius 3 is 2.91 bits per heavy atom. The van der Waals surface area contributed by atoms with Gasteiger partial charge in [-0.25, -0.2) is 0 Å². The first-order chi connectivity index (χ1) is 5.38. The topological polar surface area (TPSA) is 0 Å². The minimum Gasteiger partial charge on any atom is -0.0984 e. The molecule has 0 bridgehead atoms. The Kier molecular flexibility index (Phi) is 2.98. The molecular weight excluding hydrogens is 132 g/mol. The van der Waals surface area contributed by atoms with Crippen LogP contribution >= 0.6 is 0 Å². The summed E-state index contributed by atoms with van der Waals surface area (Å²) in [4.78, 5) is 0. The van der Waals surface area contributed by atoms with E-state index < -0.39 is 0 Å². The zero-order chi connectivity index (χ0) is 8.10. The Bertz CT molecular complexity index is 222. The third-order valence-corrected chi connectivity index (χ3v) is 2.08. The molecule has 1 fully saturated rings. The smallest absolute Gasteiger partial charge is 0.0120 e. The molecule has 1 rings (SSSR count). The van der Waals surface area contributed by atoms with Crippen LogP contribution < -0.4 is 0 Å². The summed E-state index contributed by atoms with van der Waals surface area (Å²) >= 11 is 0. The Hall–Kier alpha value is -0.960. The molecule has 2 atom stereocenters. The van der Waals surface area contributed by atoms with Crippen LogP contribution in [0.15, 0.2) is 36.3 Å². The second-order valence-electron chi connectivity index (χ2n) is 2.93. The summed E-state index contributed by atoms with van der Waals surface area (Å²) in [6.45, 7) is 5.79. The molecule has 1 aliphatic rings. The molecule has 1 saturated carbocycles. The van der Waals surface area contributed by atoms with Crippen molar-refractivity contribution in [1.82, 2.24) is 0 Å². The third-order valence-electron chi connectivity index (χ3n) is 2.08. The predicted octanol–water partition coefficient (Wildman–Crippen LogP) is 3.08. The number of rotatable bonds is 3. The van der Waals surface area contributed by atoms with E-state index in [1.165, 1.54) is 12.8 Å². The first-order valence-electron chi connectivity index (χ1n) is 4.17. The van der Waals surface area contributed by atoms with Gasteiger partial charge in [-0.3, -0.25) is 0 Å². The summed E-state index contributed by atoms with van der Waals surface area (Å²) in [6.07, 6.45) is 8.26. The Labute approximate surface area is 68.6 Å². The fourth-order valence-corrected chi connectivity index (χ4v) is 1.21. The van der Waals surface area contributed by atoms with Crippen molar-refractivity contribution in [3.8, 4) is 0 Å². The van der Waals surface area contributed by atoms with Gasteiger partial charge in [-0.1, -0.05) is 37.5 Å². The molecule has 2 unspecified atom stereocenters. The van der Waals surface area contributed by atoms with Crippen molar-refractivity contribution >= 4 is 0 Å². The third kappa shape index (κ3) is 2.63. The molecule has 0 amide bonds. The van der Waals surface area contributed by atoms with E-state index in [4.69, 9.17) is 0 Å². The summed E-state index contributed by atoms with van der Waals surface area (Å²) < 4.78 is 0. The molecule has 0 spiro atoms. The maximum Gasteiger partial charge on any atom is -0.0120 e. The van der Waals surface area contributed by atoms with Gasteiger partial charge in [0.05, 0.1) is 0 Å². The second kappa shape index (κ2) is 4.03. The Morgan fingerprint density at radius 2 is 2.36 bits per heavy atom. The van der Waals surface area contributed by atoms with E-state index in [1.54, 1.807) is 12.2 Å². The normalized spacial score (nSPS) is 26.3. The first-order valence-corrected chi connectivity index (χ1v) is 4.17. The maximum atomic E-state index is 3.55. The van der Waals surface area contributed by atoms with Crippen LogP contribution in [0.3, 0.4) is 0 Å². The quantitative estimate of drug-likeness (QED) is 0.424. The molecule has 0 saturated heterocycles. The highest BCUT2D eigenvalue weighted by molar-refractivity contribution is 5.03. The van der Waals surface area contributed by atoms with Gasteiger partial charge in [-0.05, 0) is 30.4 Å². The summed E-state index contributed by atoms with van der Waals surface area (Å²) in [7, 11) is 0. The lowest BCUT2D eigenvalue weighted by Crippen LogP contribution is -1.71. The lowest BCUT2D eigenvalue weighted by molar-refractivity contribution is 0.756. The summed E-state index contributed by atoms with van der Waals surface area (Å²) in [5.41, 5.74) is 5.91. The van der Waals surface area contributed by atoms with Crippen LogP contribution in [0.5, 0.6) is 0 Å². The molecular formula is C11H14. The van der Waals surface area contributed by atoms with E-state index in [-0.39, 0.29) is 0 Å². The van der Waals surface area contributed by atoms with Crippen molar-refractivity contribution in [2.75, 3.05) is 0 Å². The van der Waals surface area contributed by atoms with Crippen molar-refractivity contribution in [2.24, 2.45) is 11.8 Å². The van der Waals surface area contributed by atoms with Crippen LogP contribution in [0.4, 0.5) is 0 Å². The molecule has 1 aliphatic carbocycles. The number of hydrogen-bond acceptors (Lipinski definition) is 0. The molecule has 0 aromatic carbocycles. The average molecular weight is 146 g/mol. The van der Waals surface area contributed by atoms with Crippen molar-refractivity contribution in [1.29, 1.82) is 0 Å². The minimum absolute atomic E-state index is 0.783. The van der Waals surface area contributed by atoms with Gasteiger partial charge in [-0.15, -0.1) is 0 Å². The van der Waals surface area contributed by atoms with Gasteiger partial charge < -0.3 is 0 Å². The molecule has 0 aromatic heterocycles. The Morgan fingerprint density at radius 1 is 1.55 bits per heavy atom. The van der Waals surface area contributed by atoms with E-state index in [9.17, 15) is 0 Å². The van der Waals surface area contributed by atoms with E-state index in [0.717, 1.165) is 11.8 Å². The molecule has 0 N–H and O–H groups in total. The molecule has 0 radical (unpaired) electrons.